The standard InChI is InChI=1S/C12H17N.ClH/c1-10-5-4-6-11(9-10)12(13)7-2-3-8-12;/h4-6,9H,2-3,7-8,13H2,1H3;1H. The smallest absolute Gasteiger partial charge is 0.0409 e. The molecule has 1 aliphatic carbocycles. The van der Waals surface area contributed by atoms with E-state index in [0.29, 0.717) is 0 Å². The van der Waals surface area contributed by atoms with Crippen LogP contribution in [0.25, 0.3) is 0 Å². The average molecular weight is 212 g/mol. The Morgan fingerprint density at radius 1 is 1.21 bits per heavy atom. The van der Waals surface area contributed by atoms with E-state index in [0.717, 1.165) is 12.8 Å². The number of rotatable bonds is 1. The maximum Gasteiger partial charge on any atom is 0.0409 e. The van der Waals surface area contributed by atoms with Crippen LogP contribution >= 0.6 is 12.4 Å². The Balaban J connectivity index is 0.000000980. The van der Waals surface area contributed by atoms with Crippen LogP contribution in [0.2, 0.25) is 0 Å². The molecule has 1 saturated carbocycles. The van der Waals surface area contributed by atoms with Crippen LogP contribution in [0, 0.1) is 6.92 Å². The quantitative estimate of drug-likeness (QED) is 0.759. The minimum absolute atomic E-state index is 0. The number of aryl methyl sites for hydroxylation is 1. The highest BCUT2D eigenvalue weighted by Gasteiger charge is 2.30. The van der Waals surface area contributed by atoms with Crippen molar-refractivity contribution in [2.45, 2.75) is 38.1 Å². The minimum Gasteiger partial charge on any atom is -0.321 e. The molecule has 0 aromatic heterocycles. The fourth-order valence-corrected chi connectivity index (χ4v) is 2.25. The van der Waals surface area contributed by atoms with E-state index in [2.05, 4.69) is 31.2 Å². The molecule has 1 aliphatic rings. The first kappa shape index (κ1) is 11.5. The lowest BCUT2D eigenvalue weighted by Gasteiger charge is -2.24. The summed E-state index contributed by atoms with van der Waals surface area (Å²) in [6, 6.07) is 8.63. The highest BCUT2D eigenvalue weighted by atomic mass is 35.5. The zero-order valence-electron chi connectivity index (χ0n) is 8.62. The van der Waals surface area contributed by atoms with Crippen LogP contribution in [0.3, 0.4) is 0 Å². The summed E-state index contributed by atoms with van der Waals surface area (Å²) < 4.78 is 0. The number of nitrogens with two attached hydrogens (primary N) is 1. The Morgan fingerprint density at radius 2 is 1.86 bits per heavy atom. The lowest BCUT2D eigenvalue weighted by molar-refractivity contribution is 0.461. The molecule has 78 valence electrons. The van der Waals surface area contributed by atoms with Gasteiger partial charge in [0.1, 0.15) is 0 Å². The van der Waals surface area contributed by atoms with Gasteiger partial charge < -0.3 is 5.73 Å². The van der Waals surface area contributed by atoms with E-state index in [4.69, 9.17) is 5.73 Å². The van der Waals surface area contributed by atoms with Crippen molar-refractivity contribution in [3.05, 3.63) is 35.4 Å². The van der Waals surface area contributed by atoms with E-state index >= 15 is 0 Å². The Bertz CT molecular complexity index is 303. The van der Waals surface area contributed by atoms with Crippen molar-refractivity contribution in [2.24, 2.45) is 5.73 Å². The summed E-state index contributed by atoms with van der Waals surface area (Å²) in [4.78, 5) is 0. The SMILES string of the molecule is Cc1cccc(C2(N)CCCC2)c1.Cl. The number of benzene rings is 1. The van der Waals surface area contributed by atoms with Gasteiger partial charge in [-0.2, -0.15) is 0 Å². The summed E-state index contributed by atoms with van der Waals surface area (Å²) in [6.45, 7) is 2.13. The summed E-state index contributed by atoms with van der Waals surface area (Å²) in [5.74, 6) is 0. The number of hydrogen-bond donors (Lipinski definition) is 1. The van der Waals surface area contributed by atoms with Gasteiger partial charge in [-0.1, -0.05) is 42.7 Å². The van der Waals surface area contributed by atoms with E-state index < -0.39 is 0 Å². The van der Waals surface area contributed by atoms with E-state index in [1.807, 2.05) is 0 Å². The zero-order chi connectivity index (χ0) is 9.31. The number of halogens is 1. The van der Waals surface area contributed by atoms with Crippen molar-refractivity contribution >= 4 is 12.4 Å². The summed E-state index contributed by atoms with van der Waals surface area (Å²) in [7, 11) is 0. The molecule has 0 amide bonds. The molecule has 1 fully saturated rings. The van der Waals surface area contributed by atoms with Crippen molar-refractivity contribution < 1.29 is 0 Å². The van der Waals surface area contributed by atoms with Gasteiger partial charge in [-0.3, -0.25) is 0 Å². The molecule has 0 bridgehead atoms. The first-order valence-electron chi connectivity index (χ1n) is 5.07. The van der Waals surface area contributed by atoms with Gasteiger partial charge in [0, 0.05) is 5.54 Å². The van der Waals surface area contributed by atoms with Crippen molar-refractivity contribution in [1.29, 1.82) is 0 Å². The molecule has 0 spiro atoms. The molecular weight excluding hydrogens is 194 g/mol. The minimum atomic E-state index is -0.0218. The summed E-state index contributed by atoms with van der Waals surface area (Å²) in [6.07, 6.45) is 4.86. The molecular formula is C12H18ClN. The van der Waals surface area contributed by atoms with E-state index in [9.17, 15) is 0 Å². The molecule has 0 radical (unpaired) electrons. The second-order valence-electron chi connectivity index (χ2n) is 4.23. The highest BCUT2D eigenvalue weighted by Crippen LogP contribution is 2.36. The largest absolute Gasteiger partial charge is 0.321 e. The molecule has 14 heavy (non-hydrogen) atoms. The monoisotopic (exact) mass is 211 g/mol. The lowest BCUT2D eigenvalue weighted by Crippen LogP contribution is -2.32. The van der Waals surface area contributed by atoms with E-state index in [-0.39, 0.29) is 17.9 Å². The number of hydrogen-bond acceptors (Lipinski definition) is 1. The Hall–Kier alpha value is -0.530. The van der Waals surface area contributed by atoms with Gasteiger partial charge in [-0.05, 0) is 25.3 Å². The second kappa shape index (κ2) is 4.33. The van der Waals surface area contributed by atoms with Gasteiger partial charge in [-0.25, -0.2) is 0 Å². The van der Waals surface area contributed by atoms with Gasteiger partial charge in [0.2, 0.25) is 0 Å². The van der Waals surface area contributed by atoms with Crippen LogP contribution in [-0.4, -0.2) is 0 Å². The van der Waals surface area contributed by atoms with Gasteiger partial charge in [0.15, 0.2) is 0 Å². The second-order valence-corrected chi connectivity index (χ2v) is 4.23. The fourth-order valence-electron chi connectivity index (χ4n) is 2.25. The molecule has 1 aromatic carbocycles. The van der Waals surface area contributed by atoms with Crippen molar-refractivity contribution in [1.82, 2.24) is 0 Å². The summed E-state index contributed by atoms with van der Waals surface area (Å²) in [5.41, 5.74) is 8.97. The average Bonchev–Trinajstić information content (AvgIpc) is 2.54. The lowest BCUT2D eigenvalue weighted by atomic mass is 9.89. The molecule has 0 atom stereocenters. The third kappa shape index (κ3) is 2.10. The van der Waals surface area contributed by atoms with Crippen LogP contribution in [0.15, 0.2) is 24.3 Å². The van der Waals surface area contributed by atoms with E-state index in [1.165, 1.54) is 24.0 Å². The zero-order valence-corrected chi connectivity index (χ0v) is 9.44. The maximum atomic E-state index is 6.35. The van der Waals surface area contributed by atoms with Crippen LogP contribution in [0.4, 0.5) is 0 Å². The molecule has 2 rings (SSSR count). The van der Waals surface area contributed by atoms with Gasteiger partial charge >= 0.3 is 0 Å². The Labute approximate surface area is 92.1 Å². The van der Waals surface area contributed by atoms with Gasteiger partial charge in [-0.15, -0.1) is 12.4 Å². The predicted octanol–water partition coefficient (Wildman–Crippen LogP) is 3.14. The van der Waals surface area contributed by atoms with Crippen LogP contribution in [0.5, 0.6) is 0 Å². The van der Waals surface area contributed by atoms with Crippen molar-refractivity contribution in [3.8, 4) is 0 Å². The molecule has 2 heteroatoms. The topological polar surface area (TPSA) is 26.0 Å². The molecule has 2 N–H and O–H groups in total. The predicted molar refractivity (Wildman–Crippen MR) is 62.8 cm³/mol. The molecule has 0 unspecified atom stereocenters. The Kier molecular flexibility index (Phi) is 3.57. The molecule has 0 saturated heterocycles. The highest BCUT2D eigenvalue weighted by molar-refractivity contribution is 5.85. The Morgan fingerprint density at radius 3 is 2.43 bits per heavy atom. The van der Waals surface area contributed by atoms with Crippen LogP contribution < -0.4 is 5.73 Å². The summed E-state index contributed by atoms with van der Waals surface area (Å²) in [5, 5.41) is 0. The van der Waals surface area contributed by atoms with Gasteiger partial charge in [0.05, 0.1) is 0 Å². The molecule has 0 heterocycles. The molecule has 1 nitrogen and oxygen atoms in total. The van der Waals surface area contributed by atoms with E-state index in [1.54, 1.807) is 0 Å². The van der Waals surface area contributed by atoms with Crippen molar-refractivity contribution in [2.75, 3.05) is 0 Å². The third-order valence-corrected chi connectivity index (χ3v) is 3.09. The maximum absolute atomic E-state index is 6.35. The van der Waals surface area contributed by atoms with Crippen LogP contribution in [0.1, 0.15) is 36.8 Å². The molecule has 0 aliphatic heterocycles. The normalized spacial score (nSPS) is 19.0. The third-order valence-electron chi connectivity index (χ3n) is 3.09. The summed E-state index contributed by atoms with van der Waals surface area (Å²) >= 11 is 0. The van der Waals surface area contributed by atoms with Crippen molar-refractivity contribution in [3.63, 3.8) is 0 Å². The first-order valence-corrected chi connectivity index (χ1v) is 5.07. The van der Waals surface area contributed by atoms with Crippen LogP contribution in [-0.2, 0) is 5.54 Å². The first-order chi connectivity index (χ1) is 6.21. The molecule has 1 aromatic rings. The fraction of sp³-hybridized carbons (Fsp3) is 0.500. The van der Waals surface area contributed by atoms with Gasteiger partial charge in [0.25, 0.3) is 0 Å².